The van der Waals surface area contributed by atoms with Crippen LogP contribution in [0.15, 0.2) is 102 Å². The molecular formula is C29H26N4O3S. The third kappa shape index (κ3) is 4.88. The monoisotopic (exact) mass is 510 g/mol. The Morgan fingerprint density at radius 1 is 0.838 bits per heavy atom. The second-order valence-corrected chi connectivity index (χ2v) is 11.5. The summed E-state index contributed by atoms with van der Waals surface area (Å²) in [7, 11) is -3.95. The lowest BCUT2D eigenvalue weighted by Crippen LogP contribution is -2.17. The number of para-hydroxylation sites is 1. The molecule has 0 aliphatic heterocycles. The van der Waals surface area contributed by atoms with Crippen molar-refractivity contribution in [1.29, 1.82) is 0 Å². The van der Waals surface area contributed by atoms with E-state index in [4.69, 9.17) is 0 Å². The van der Waals surface area contributed by atoms with Gasteiger partial charge in [0, 0.05) is 11.1 Å². The molecule has 0 saturated carbocycles. The van der Waals surface area contributed by atoms with Crippen LogP contribution in [0.25, 0.3) is 16.7 Å². The third-order valence-electron chi connectivity index (χ3n) is 6.16. The van der Waals surface area contributed by atoms with Crippen LogP contribution in [-0.2, 0) is 15.4 Å². The molecule has 0 spiro atoms. The van der Waals surface area contributed by atoms with Crippen molar-refractivity contribution in [3.63, 3.8) is 0 Å². The van der Waals surface area contributed by atoms with Crippen LogP contribution in [-0.4, -0.2) is 29.2 Å². The standard InChI is InChI=1S/C29H26N4O3S/c1-29(2,3)21-13-16-23(17-14-21)37(35,36)31-25-18-15-22(33-27-12-8-7-11-26(27)30-32-33)19-24(25)28(34)20-9-5-4-6-10-20/h4-19,31H,1-3H3. The molecule has 0 aliphatic carbocycles. The van der Waals surface area contributed by atoms with Crippen molar-refractivity contribution in [3.8, 4) is 5.69 Å². The maximum Gasteiger partial charge on any atom is 0.261 e. The molecule has 0 fully saturated rings. The number of nitrogens with zero attached hydrogens (tertiary/aromatic N) is 3. The predicted octanol–water partition coefficient (Wildman–Crippen LogP) is 5.75. The smallest absolute Gasteiger partial charge is 0.261 e. The lowest BCUT2D eigenvalue weighted by atomic mass is 9.87. The molecule has 37 heavy (non-hydrogen) atoms. The number of rotatable bonds is 6. The van der Waals surface area contributed by atoms with E-state index in [1.807, 2.05) is 42.5 Å². The van der Waals surface area contributed by atoms with Crippen molar-refractivity contribution in [2.75, 3.05) is 4.72 Å². The van der Waals surface area contributed by atoms with Gasteiger partial charge >= 0.3 is 0 Å². The Bertz CT molecular complexity index is 1700. The largest absolute Gasteiger partial charge is 0.289 e. The van der Waals surface area contributed by atoms with Crippen LogP contribution in [0.5, 0.6) is 0 Å². The van der Waals surface area contributed by atoms with Gasteiger partial charge < -0.3 is 0 Å². The first-order valence-corrected chi connectivity index (χ1v) is 13.3. The number of nitrogens with one attached hydrogen (secondary N) is 1. The predicted molar refractivity (Wildman–Crippen MR) is 145 cm³/mol. The highest BCUT2D eigenvalue weighted by Crippen LogP contribution is 2.28. The summed E-state index contributed by atoms with van der Waals surface area (Å²) in [5.41, 5.74) is 3.82. The number of carbonyl (C=O) groups is 1. The zero-order chi connectivity index (χ0) is 26.2. The van der Waals surface area contributed by atoms with Gasteiger partial charge in [-0.25, -0.2) is 13.1 Å². The SMILES string of the molecule is CC(C)(C)c1ccc(S(=O)(=O)Nc2ccc(-n3nnc4ccccc43)cc2C(=O)c2ccccc2)cc1. The second kappa shape index (κ2) is 9.29. The third-order valence-corrected chi connectivity index (χ3v) is 7.54. The van der Waals surface area contributed by atoms with Gasteiger partial charge in [0.1, 0.15) is 5.52 Å². The normalized spacial score (nSPS) is 12.0. The molecule has 186 valence electrons. The van der Waals surface area contributed by atoms with E-state index in [-0.39, 0.29) is 27.3 Å². The Kier molecular flexibility index (Phi) is 6.13. The fraction of sp³-hybridized carbons (Fsp3) is 0.138. The van der Waals surface area contributed by atoms with Gasteiger partial charge in [-0.05, 0) is 53.4 Å². The Balaban J connectivity index is 1.58. The van der Waals surface area contributed by atoms with Gasteiger partial charge in [-0.3, -0.25) is 9.52 Å². The number of anilines is 1. The minimum Gasteiger partial charge on any atom is -0.289 e. The summed E-state index contributed by atoms with van der Waals surface area (Å²) in [5, 5.41) is 8.43. The minimum atomic E-state index is -3.95. The highest BCUT2D eigenvalue weighted by atomic mass is 32.2. The first-order valence-electron chi connectivity index (χ1n) is 11.8. The molecule has 5 aromatic rings. The molecule has 0 saturated heterocycles. The molecule has 0 amide bonds. The lowest BCUT2D eigenvalue weighted by Gasteiger charge is -2.19. The van der Waals surface area contributed by atoms with Crippen molar-refractivity contribution in [2.45, 2.75) is 31.1 Å². The Morgan fingerprint density at radius 3 is 2.22 bits per heavy atom. The molecule has 0 aliphatic rings. The summed E-state index contributed by atoms with van der Waals surface area (Å²) in [6.07, 6.45) is 0. The van der Waals surface area contributed by atoms with E-state index in [2.05, 4.69) is 35.8 Å². The van der Waals surface area contributed by atoms with E-state index in [9.17, 15) is 13.2 Å². The quantitative estimate of drug-likeness (QED) is 0.294. The summed E-state index contributed by atoms with van der Waals surface area (Å²) < 4.78 is 30.9. The number of sulfonamides is 1. The molecule has 0 atom stereocenters. The van der Waals surface area contributed by atoms with Gasteiger partial charge in [-0.15, -0.1) is 5.10 Å². The number of benzene rings is 4. The molecule has 0 unspecified atom stereocenters. The molecule has 4 aromatic carbocycles. The fourth-order valence-electron chi connectivity index (χ4n) is 4.08. The van der Waals surface area contributed by atoms with Gasteiger partial charge in [0.2, 0.25) is 0 Å². The summed E-state index contributed by atoms with van der Waals surface area (Å²) in [6.45, 7) is 6.20. The zero-order valence-electron chi connectivity index (χ0n) is 20.7. The van der Waals surface area contributed by atoms with Crippen molar-refractivity contribution >= 4 is 32.5 Å². The van der Waals surface area contributed by atoms with Gasteiger partial charge in [0.05, 0.1) is 21.8 Å². The van der Waals surface area contributed by atoms with E-state index in [1.54, 1.807) is 59.3 Å². The van der Waals surface area contributed by atoms with Crippen molar-refractivity contribution in [2.24, 2.45) is 0 Å². The van der Waals surface area contributed by atoms with E-state index >= 15 is 0 Å². The maximum absolute atomic E-state index is 13.5. The van der Waals surface area contributed by atoms with E-state index in [1.165, 1.54) is 0 Å². The lowest BCUT2D eigenvalue weighted by molar-refractivity contribution is 0.103. The average molecular weight is 511 g/mol. The van der Waals surface area contributed by atoms with Crippen LogP contribution >= 0.6 is 0 Å². The fourth-order valence-corrected chi connectivity index (χ4v) is 5.16. The molecule has 5 rings (SSSR count). The molecule has 7 nitrogen and oxygen atoms in total. The zero-order valence-corrected chi connectivity index (χ0v) is 21.5. The van der Waals surface area contributed by atoms with Gasteiger partial charge in [-0.2, -0.15) is 0 Å². The van der Waals surface area contributed by atoms with Crippen molar-refractivity contribution < 1.29 is 13.2 Å². The van der Waals surface area contributed by atoms with E-state index < -0.39 is 10.0 Å². The Labute approximate surface area is 215 Å². The van der Waals surface area contributed by atoms with E-state index in [0.717, 1.165) is 11.1 Å². The van der Waals surface area contributed by atoms with Crippen LogP contribution < -0.4 is 4.72 Å². The molecule has 1 heterocycles. The Morgan fingerprint density at radius 2 is 1.51 bits per heavy atom. The number of aromatic nitrogens is 3. The van der Waals surface area contributed by atoms with Crippen LogP contribution in [0, 0.1) is 0 Å². The maximum atomic E-state index is 13.5. The van der Waals surface area contributed by atoms with Crippen LogP contribution in [0.2, 0.25) is 0 Å². The molecule has 0 radical (unpaired) electrons. The van der Waals surface area contributed by atoms with Crippen molar-refractivity contribution in [3.05, 3.63) is 114 Å². The minimum absolute atomic E-state index is 0.105. The summed E-state index contributed by atoms with van der Waals surface area (Å²) in [6, 6.07) is 27.9. The van der Waals surface area contributed by atoms with E-state index in [0.29, 0.717) is 16.8 Å². The average Bonchev–Trinajstić information content (AvgIpc) is 3.33. The molecule has 8 heteroatoms. The van der Waals surface area contributed by atoms with Crippen LogP contribution in [0.1, 0.15) is 42.3 Å². The summed E-state index contributed by atoms with van der Waals surface area (Å²) in [5.74, 6) is -0.312. The highest BCUT2D eigenvalue weighted by Gasteiger charge is 2.22. The van der Waals surface area contributed by atoms with Crippen LogP contribution in [0.3, 0.4) is 0 Å². The topological polar surface area (TPSA) is 93.9 Å². The Hall–Kier alpha value is -4.30. The van der Waals surface area contributed by atoms with Crippen LogP contribution in [0.4, 0.5) is 5.69 Å². The first kappa shape index (κ1) is 24.4. The van der Waals surface area contributed by atoms with Gasteiger partial charge in [0.15, 0.2) is 5.78 Å². The summed E-state index contributed by atoms with van der Waals surface area (Å²) in [4.78, 5) is 13.7. The summed E-state index contributed by atoms with van der Waals surface area (Å²) >= 11 is 0. The number of fused-ring (bicyclic) bond motifs is 1. The number of hydrogen-bond acceptors (Lipinski definition) is 5. The number of ketones is 1. The highest BCUT2D eigenvalue weighted by molar-refractivity contribution is 7.92. The molecule has 1 aromatic heterocycles. The number of hydrogen-bond donors (Lipinski definition) is 1. The number of carbonyl (C=O) groups excluding carboxylic acids is 1. The van der Waals surface area contributed by atoms with Crippen molar-refractivity contribution in [1.82, 2.24) is 15.0 Å². The molecule has 1 N–H and O–H groups in total. The van der Waals surface area contributed by atoms with Gasteiger partial charge in [0.25, 0.3) is 10.0 Å². The van der Waals surface area contributed by atoms with Gasteiger partial charge in [-0.1, -0.05) is 80.6 Å². The first-order chi connectivity index (χ1) is 17.6. The molecule has 0 bridgehead atoms. The second-order valence-electron chi connectivity index (χ2n) is 9.79. The molecular weight excluding hydrogens is 484 g/mol.